The molecule has 0 aliphatic carbocycles. The molecule has 0 bridgehead atoms. The second-order valence-electron chi connectivity index (χ2n) is 4.60. The molecule has 1 aromatic carbocycles. The van der Waals surface area contributed by atoms with E-state index in [1.165, 1.54) is 0 Å². The number of hydrogen-bond donors (Lipinski definition) is 1. The summed E-state index contributed by atoms with van der Waals surface area (Å²) in [5.41, 5.74) is 3.09. The van der Waals surface area contributed by atoms with E-state index in [9.17, 15) is 5.11 Å². The zero-order valence-corrected chi connectivity index (χ0v) is 12.4. The maximum absolute atomic E-state index is 10.3. The van der Waals surface area contributed by atoms with E-state index in [1.807, 2.05) is 45.0 Å². The SMILES string of the molecule is Cc1oc(C)c(C(O)Cc2ccc(Br)cc2)c1C. The normalized spacial score (nSPS) is 12.7. The van der Waals surface area contributed by atoms with E-state index in [0.29, 0.717) is 6.42 Å². The lowest BCUT2D eigenvalue weighted by molar-refractivity contribution is 0.176. The van der Waals surface area contributed by atoms with Crippen LogP contribution < -0.4 is 0 Å². The fraction of sp³-hybridized carbons (Fsp3) is 0.333. The van der Waals surface area contributed by atoms with Crippen molar-refractivity contribution in [3.05, 3.63) is 56.9 Å². The molecule has 18 heavy (non-hydrogen) atoms. The molecule has 0 aliphatic heterocycles. The Bertz CT molecular complexity index is 540. The van der Waals surface area contributed by atoms with Crippen molar-refractivity contribution in [1.29, 1.82) is 0 Å². The lowest BCUT2D eigenvalue weighted by Crippen LogP contribution is -2.03. The number of aliphatic hydroxyl groups is 1. The summed E-state index contributed by atoms with van der Waals surface area (Å²) in [5, 5.41) is 10.3. The summed E-state index contributed by atoms with van der Waals surface area (Å²) >= 11 is 3.41. The third-order valence-corrected chi connectivity index (χ3v) is 3.82. The van der Waals surface area contributed by atoms with E-state index >= 15 is 0 Å². The molecule has 96 valence electrons. The third kappa shape index (κ3) is 2.68. The summed E-state index contributed by atoms with van der Waals surface area (Å²) in [6.45, 7) is 5.82. The molecule has 1 atom stereocenters. The highest BCUT2D eigenvalue weighted by Crippen LogP contribution is 2.29. The molecule has 2 aromatic rings. The second kappa shape index (κ2) is 5.29. The van der Waals surface area contributed by atoms with Crippen LogP contribution in [-0.2, 0) is 6.42 Å². The van der Waals surface area contributed by atoms with Gasteiger partial charge in [0.05, 0.1) is 6.10 Å². The van der Waals surface area contributed by atoms with Gasteiger partial charge < -0.3 is 9.52 Å². The van der Waals surface area contributed by atoms with Crippen LogP contribution in [0.3, 0.4) is 0 Å². The lowest BCUT2D eigenvalue weighted by atomic mass is 9.98. The lowest BCUT2D eigenvalue weighted by Gasteiger charge is -2.11. The van der Waals surface area contributed by atoms with E-state index in [4.69, 9.17) is 4.42 Å². The highest BCUT2D eigenvalue weighted by molar-refractivity contribution is 9.10. The Morgan fingerprint density at radius 1 is 1.11 bits per heavy atom. The molecule has 1 N–H and O–H groups in total. The number of aryl methyl sites for hydroxylation is 2. The van der Waals surface area contributed by atoms with Gasteiger partial charge >= 0.3 is 0 Å². The van der Waals surface area contributed by atoms with Crippen molar-refractivity contribution in [2.75, 3.05) is 0 Å². The Morgan fingerprint density at radius 2 is 1.72 bits per heavy atom. The summed E-state index contributed by atoms with van der Waals surface area (Å²) in [7, 11) is 0. The van der Waals surface area contributed by atoms with E-state index < -0.39 is 6.10 Å². The second-order valence-corrected chi connectivity index (χ2v) is 5.52. The van der Waals surface area contributed by atoms with Gasteiger partial charge in [0.25, 0.3) is 0 Å². The van der Waals surface area contributed by atoms with Gasteiger partial charge in [-0.3, -0.25) is 0 Å². The van der Waals surface area contributed by atoms with Gasteiger partial charge in [-0.1, -0.05) is 28.1 Å². The van der Waals surface area contributed by atoms with Crippen LogP contribution >= 0.6 is 15.9 Å². The highest BCUT2D eigenvalue weighted by atomic mass is 79.9. The molecule has 1 aromatic heterocycles. The topological polar surface area (TPSA) is 33.4 Å². The van der Waals surface area contributed by atoms with Crippen molar-refractivity contribution in [2.45, 2.75) is 33.3 Å². The average molecular weight is 309 g/mol. The molecule has 2 nitrogen and oxygen atoms in total. The Balaban J connectivity index is 2.21. The van der Waals surface area contributed by atoms with Crippen molar-refractivity contribution in [1.82, 2.24) is 0 Å². The molecule has 0 aliphatic rings. The summed E-state index contributed by atoms with van der Waals surface area (Å²) in [4.78, 5) is 0. The first kappa shape index (κ1) is 13.4. The molecule has 1 heterocycles. The van der Waals surface area contributed by atoms with Crippen molar-refractivity contribution in [3.63, 3.8) is 0 Å². The minimum Gasteiger partial charge on any atom is -0.466 e. The summed E-state index contributed by atoms with van der Waals surface area (Å²) < 4.78 is 6.60. The average Bonchev–Trinajstić information content (AvgIpc) is 2.56. The molecule has 0 saturated heterocycles. The van der Waals surface area contributed by atoms with Gasteiger partial charge in [-0.25, -0.2) is 0 Å². The van der Waals surface area contributed by atoms with Crippen LogP contribution in [0.1, 0.15) is 34.3 Å². The van der Waals surface area contributed by atoms with Crippen molar-refractivity contribution in [3.8, 4) is 0 Å². The van der Waals surface area contributed by atoms with Gasteiger partial charge in [-0.15, -0.1) is 0 Å². The maximum Gasteiger partial charge on any atom is 0.107 e. The van der Waals surface area contributed by atoms with Crippen LogP contribution in [0.5, 0.6) is 0 Å². The van der Waals surface area contributed by atoms with E-state index in [1.54, 1.807) is 0 Å². The predicted octanol–water partition coefficient (Wildman–Crippen LogP) is 4.24. The number of hydrogen-bond acceptors (Lipinski definition) is 2. The molecular weight excluding hydrogens is 292 g/mol. The molecule has 0 fully saturated rings. The number of furan rings is 1. The Morgan fingerprint density at radius 3 is 2.22 bits per heavy atom. The largest absolute Gasteiger partial charge is 0.466 e. The van der Waals surface area contributed by atoms with E-state index in [-0.39, 0.29) is 0 Å². The van der Waals surface area contributed by atoms with Crippen LogP contribution in [-0.4, -0.2) is 5.11 Å². The fourth-order valence-electron chi connectivity index (χ4n) is 2.25. The van der Waals surface area contributed by atoms with Gasteiger partial charge in [-0.05, 0) is 44.0 Å². The number of benzene rings is 1. The standard InChI is InChI=1S/C15H17BrO2/c1-9-10(2)18-11(3)15(9)14(17)8-12-4-6-13(16)7-5-12/h4-7,14,17H,8H2,1-3H3. The molecule has 3 heteroatoms. The van der Waals surface area contributed by atoms with Crippen molar-refractivity contribution in [2.24, 2.45) is 0 Å². The van der Waals surface area contributed by atoms with Crippen molar-refractivity contribution >= 4 is 15.9 Å². The predicted molar refractivity (Wildman–Crippen MR) is 75.7 cm³/mol. The Kier molecular flexibility index (Phi) is 3.93. The summed E-state index contributed by atoms with van der Waals surface area (Å²) in [6, 6.07) is 8.01. The molecular formula is C15H17BrO2. The molecule has 1 unspecified atom stereocenters. The van der Waals surface area contributed by atoms with Gasteiger partial charge in [0.1, 0.15) is 11.5 Å². The third-order valence-electron chi connectivity index (χ3n) is 3.29. The number of rotatable bonds is 3. The van der Waals surface area contributed by atoms with E-state index in [0.717, 1.165) is 32.7 Å². The molecule has 0 saturated carbocycles. The quantitative estimate of drug-likeness (QED) is 0.920. The first-order chi connectivity index (χ1) is 8.49. The zero-order valence-electron chi connectivity index (χ0n) is 10.8. The molecule has 2 rings (SSSR count). The van der Waals surface area contributed by atoms with Gasteiger partial charge in [-0.2, -0.15) is 0 Å². The van der Waals surface area contributed by atoms with Gasteiger partial charge in [0.15, 0.2) is 0 Å². The van der Waals surface area contributed by atoms with Gasteiger partial charge in [0.2, 0.25) is 0 Å². The van der Waals surface area contributed by atoms with Crippen LogP contribution in [0.2, 0.25) is 0 Å². The summed E-state index contributed by atoms with van der Waals surface area (Å²) in [5.74, 6) is 1.70. The van der Waals surface area contributed by atoms with Crippen LogP contribution in [0.4, 0.5) is 0 Å². The first-order valence-corrected chi connectivity index (χ1v) is 6.77. The molecule has 0 amide bonds. The van der Waals surface area contributed by atoms with Crippen molar-refractivity contribution < 1.29 is 9.52 Å². The minimum atomic E-state index is -0.511. The summed E-state index contributed by atoms with van der Waals surface area (Å²) in [6.07, 6.45) is 0.0946. The molecule has 0 spiro atoms. The van der Waals surface area contributed by atoms with E-state index in [2.05, 4.69) is 15.9 Å². The maximum atomic E-state index is 10.3. The monoisotopic (exact) mass is 308 g/mol. The number of aliphatic hydroxyl groups excluding tert-OH is 1. The first-order valence-electron chi connectivity index (χ1n) is 5.98. The Labute approximate surface area is 116 Å². The number of halogens is 1. The zero-order chi connectivity index (χ0) is 13.3. The van der Waals surface area contributed by atoms with Crippen LogP contribution in [0.25, 0.3) is 0 Å². The highest BCUT2D eigenvalue weighted by Gasteiger charge is 2.19. The molecule has 0 radical (unpaired) electrons. The van der Waals surface area contributed by atoms with Gasteiger partial charge in [0, 0.05) is 16.5 Å². The fourth-order valence-corrected chi connectivity index (χ4v) is 2.51. The van der Waals surface area contributed by atoms with Crippen LogP contribution in [0, 0.1) is 20.8 Å². The van der Waals surface area contributed by atoms with Crippen LogP contribution in [0.15, 0.2) is 33.2 Å². The Hall–Kier alpha value is -1.06. The minimum absolute atomic E-state index is 0.511. The smallest absolute Gasteiger partial charge is 0.107 e.